The second kappa shape index (κ2) is 7.26. The van der Waals surface area contributed by atoms with E-state index in [-0.39, 0.29) is 17.9 Å². The molecule has 1 aliphatic heterocycles. The van der Waals surface area contributed by atoms with Crippen LogP contribution in [0.15, 0.2) is 5.38 Å². The summed E-state index contributed by atoms with van der Waals surface area (Å²) in [4.78, 5) is 29.4. The molecule has 0 radical (unpaired) electrons. The van der Waals surface area contributed by atoms with Gasteiger partial charge in [0.1, 0.15) is 0 Å². The summed E-state index contributed by atoms with van der Waals surface area (Å²) in [6.45, 7) is 4.45. The van der Waals surface area contributed by atoms with Crippen molar-refractivity contribution in [2.75, 3.05) is 12.3 Å². The molecule has 2 atom stereocenters. The van der Waals surface area contributed by atoms with Gasteiger partial charge in [-0.15, -0.1) is 23.1 Å². The summed E-state index contributed by atoms with van der Waals surface area (Å²) in [6, 6.07) is 0.00877. The number of carbonyl (C=O) groups is 2. The molecule has 0 aliphatic carbocycles. The van der Waals surface area contributed by atoms with Crippen molar-refractivity contribution in [1.82, 2.24) is 9.88 Å². The van der Waals surface area contributed by atoms with Crippen molar-refractivity contribution in [2.24, 2.45) is 5.92 Å². The number of likely N-dealkylation sites (tertiary alicyclic amines) is 1. The largest absolute Gasteiger partial charge is 0.481 e. The number of aliphatic carboxylic acids is 1. The zero-order chi connectivity index (χ0) is 15.4. The van der Waals surface area contributed by atoms with Gasteiger partial charge < -0.3 is 10.0 Å². The summed E-state index contributed by atoms with van der Waals surface area (Å²) in [5.41, 5.74) is 1.02. The summed E-state index contributed by atoms with van der Waals surface area (Å²) in [6.07, 6.45) is 1.11. The molecule has 0 aromatic carbocycles. The number of amides is 1. The van der Waals surface area contributed by atoms with E-state index in [1.165, 1.54) is 0 Å². The number of piperidine rings is 1. The first kappa shape index (κ1) is 16.3. The Hall–Kier alpha value is -1.08. The molecule has 1 aromatic rings. The van der Waals surface area contributed by atoms with Crippen LogP contribution >= 0.6 is 23.1 Å². The Bertz CT molecular complexity index is 518. The number of hydrogen-bond acceptors (Lipinski definition) is 5. The maximum Gasteiger partial charge on any atom is 0.306 e. The van der Waals surface area contributed by atoms with Gasteiger partial charge in [0.25, 0.3) is 0 Å². The molecule has 5 nitrogen and oxygen atoms in total. The number of rotatable bonds is 5. The average Bonchev–Trinajstić information content (AvgIpc) is 2.84. The van der Waals surface area contributed by atoms with Gasteiger partial charge in [0.15, 0.2) is 0 Å². The van der Waals surface area contributed by atoms with Crippen LogP contribution in [0.5, 0.6) is 0 Å². The number of nitrogens with zero attached hydrogens (tertiary/aromatic N) is 2. The molecule has 0 saturated carbocycles. The molecule has 1 saturated heterocycles. The Labute approximate surface area is 132 Å². The van der Waals surface area contributed by atoms with Gasteiger partial charge in [0.05, 0.1) is 22.4 Å². The Morgan fingerprint density at radius 2 is 2.33 bits per heavy atom. The lowest BCUT2D eigenvalue weighted by atomic mass is 9.92. The number of aryl methyl sites for hydroxylation is 1. The highest BCUT2D eigenvalue weighted by Gasteiger charge is 2.31. The first-order chi connectivity index (χ1) is 9.97. The van der Waals surface area contributed by atoms with Crippen LogP contribution in [0, 0.1) is 12.8 Å². The van der Waals surface area contributed by atoms with E-state index in [9.17, 15) is 9.59 Å². The van der Waals surface area contributed by atoms with Gasteiger partial charge in [-0.25, -0.2) is 4.98 Å². The fourth-order valence-electron chi connectivity index (χ4n) is 2.57. The van der Waals surface area contributed by atoms with Gasteiger partial charge in [-0.3, -0.25) is 9.59 Å². The van der Waals surface area contributed by atoms with E-state index in [4.69, 9.17) is 5.11 Å². The minimum atomic E-state index is -0.748. The molecule has 2 heterocycles. The molecule has 1 aromatic heterocycles. The SMILES string of the molecule is Cc1nc(CSCC(=O)N2CCC(C(=O)O)CC2C)cs1. The predicted octanol–water partition coefficient (Wildman–Crippen LogP) is 2.40. The lowest BCUT2D eigenvalue weighted by molar-refractivity contribution is -0.146. The summed E-state index contributed by atoms with van der Waals surface area (Å²) >= 11 is 3.19. The lowest BCUT2D eigenvalue weighted by Gasteiger charge is -2.36. The standard InChI is InChI=1S/C14H20N2O3S2/c1-9-5-11(14(18)19)3-4-16(9)13(17)8-20-6-12-7-21-10(2)15-12/h7,9,11H,3-6,8H2,1-2H3,(H,18,19). The summed E-state index contributed by atoms with van der Waals surface area (Å²) in [7, 11) is 0. The second-order valence-electron chi connectivity index (χ2n) is 5.35. The van der Waals surface area contributed by atoms with E-state index >= 15 is 0 Å². The second-order valence-corrected chi connectivity index (χ2v) is 7.39. The van der Waals surface area contributed by atoms with Crippen molar-refractivity contribution >= 4 is 35.0 Å². The number of carboxylic acids is 1. The third-order valence-corrected chi connectivity index (χ3v) is 5.46. The molecule has 2 rings (SSSR count). The summed E-state index contributed by atoms with van der Waals surface area (Å²) in [5, 5.41) is 12.1. The maximum atomic E-state index is 12.2. The van der Waals surface area contributed by atoms with Gasteiger partial charge >= 0.3 is 5.97 Å². The Kier molecular flexibility index (Phi) is 5.64. The highest BCUT2D eigenvalue weighted by molar-refractivity contribution is 7.99. The molecular weight excluding hydrogens is 308 g/mol. The molecule has 1 amide bonds. The highest BCUT2D eigenvalue weighted by atomic mass is 32.2. The van der Waals surface area contributed by atoms with E-state index in [1.54, 1.807) is 23.1 Å². The molecule has 1 fully saturated rings. The van der Waals surface area contributed by atoms with E-state index in [0.717, 1.165) is 16.5 Å². The molecule has 0 bridgehead atoms. The van der Waals surface area contributed by atoms with Crippen LogP contribution in [0.4, 0.5) is 0 Å². The molecule has 1 N–H and O–H groups in total. The normalized spacial score (nSPS) is 22.3. The number of carboxylic acid groups (broad SMARTS) is 1. The first-order valence-corrected chi connectivity index (χ1v) is 9.02. The molecular formula is C14H20N2O3S2. The van der Waals surface area contributed by atoms with E-state index in [2.05, 4.69) is 4.98 Å². The zero-order valence-electron chi connectivity index (χ0n) is 12.2. The van der Waals surface area contributed by atoms with Crippen molar-refractivity contribution in [3.8, 4) is 0 Å². The molecule has 1 aliphatic rings. The summed E-state index contributed by atoms with van der Waals surface area (Å²) in [5.74, 6) is 0.217. The number of carbonyl (C=O) groups excluding carboxylic acids is 1. The maximum absolute atomic E-state index is 12.2. The minimum Gasteiger partial charge on any atom is -0.481 e. The topological polar surface area (TPSA) is 70.5 Å². The predicted molar refractivity (Wildman–Crippen MR) is 84.5 cm³/mol. The van der Waals surface area contributed by atoms with Gasteiger partial charge in [-0.05, 0) is 26.7 Å². The van der Waals surface area contributed by atoms with Crippen LogP contribution in [-0.2, 0) is 15.3 Å². The molecule has 7 heteroatoms. The van der Waals surface area contributed by atoms with Crippen molar-refractivity contribution in [3.05, 3.63) is 16.1 Å². The van der Waals surface area contributed by atoms with Crippen molar-refractivity contribution in [3.63, 3.8) is 0 Å². The fourth-order valence-corrected chi connectivity index (χ4v) is 4.08. The van der Waals surface area contributed by atoms with Crippen LogP contribution in [0.2, 0.25) is 0 Å². The lowest BCUT2D eigenvalue weighted by Crippen LogP contribution is -2.46. The van der Waals surface area contributed by atoms with Gasteiger partial charge in [-0.2, -0.15) is 0 Å². The third kappa shape index (κ3) is 4.44. The van der Waals surface area contributed by atoms with Crippen molar-refractivity contribution in [1.29, 1.82) is 0 Å². The van der Waals surface area contributed by atoms with Gasteiger partial charge in [-0.1, -0.05) is 0 Å². The molecule has 116 valence electrons. The van der Waals surface area contributed by atoms with Crippen LogP contribution in [0.3, 0.4) is 0 Å². The zero-order valence-corrected chi connectivity index (χ0v) is 13.9. The van der Waals surface area contributed by atoms with Crippen LogP contribution in [0.25, 0.3) is 0 Å². The van der Waals surface area contributed by atoms with Gasteiger partial charge in [0.2, 0.25) is 5.91 Å². The highest BCUT2D eigenvalue weighted by Crippen LogP contribution is 2.24. The Balaban J connectivity index is 1.77. The minimum absolute atomic E-state index is 0.00877. The number of thiazole rings is 1. The van der Waals surface area contributed by atoms with E-state index < -0.39 is 5.97 Å². The van der Waals surface area contributed by atoms with Crippen LogP contribution in [-0.4, -0.2) is 45.2 Å². The van der Waals surface area contributed by atoms with Gasteiger partial charge in [0, 0.05) is 23.7 Å². The number of aromatic nitrogens is 1. The quantitative estimate of drug-likeness (QED) is 0.899. The molecule has 21 heavy (non-hydrogen) atoms. The summed E-state index contributed by atoms with van der Waals surface area (Å²) < 4.78 is 0. The van der Waals surface area contributed by atoms with E-state index in [0.29, 0.717) is 25.1 Å². The number of thioether (sulfide) groups is 1. The smallest absolute Gasteiger partial charge is 0.306 e. The Morgan fingerprint density at radius 1 is 1.57 bits per heavy atom. The monoisotopic (exact) mass is 328 g/mol. The average molecular weight is 328 g/mol. The molecule has 0 spiro atoms. The first-order valence-electron chi connectivity index (χ1n) is 6.98. The number of hydrogen-bond donors (Lipinski definition) is 1. The van der Waals surface area contributed by atoms with Crippen molar-refractivity contribution in [2.45, 2.75) is 38.5 Å². The van der Waals surface area contributed by atoms with Crippen LogP contribution < -0.4 is 0 Å². The molecule has 2 unspecified atom stereocenters. The van der Waals surface area contributed by atoms with E-state index in [1.807, 2.05) is 24.1 Å². The fraction of sp³-hybridized carbons (Fsp3) is 0.643. The van der Waals surface area contributed by atoms with Crippen LogP contribution in [0.1, 0.15) is 30.5 Å². The Morgan fingerprint density at radius 3 is 2.90 bits per heavy atom. The van der Waals surface area contributed by atoms with Crippen molar-refractivity contribution < 1.29 is 14.7 Å². The third-order valence-electron chi connectivity index (χ3n) is 3.69.